The van der Waals surface area contributed by atoms with Gasteiger partial charge in [-0.05, 0) is 100 Å². The molecule has 0 bridgehead atoms. The Balaban J connectivity index is 1.14. The SMILES string of the molecule is O=C(N/N=C\c1ccc(OCc2ccc(Cl)c(Cl)c2)c(I)c1)c1ccc(-c2csc(Nc3ccc(Cl)cc3)n2)cc1. The second kappa shape index (κ2) is 13.7. The van der Waals surface area contributed by atoms with Crippen molar-refractivity contribution in [3.63, 3.8) is 0 Å². The minimum atomic E-state index is -0.313. The minimum absolute atomic E-state index is 0.313. The van der Waals surface area contributed by atoms with Crippen LogP contribution in [0.1, 0.15) is 21.5 Å². The monoisotopic (exact) mass is 732 g/mol. The summed E-state index contributed by atoms with van der Waals surface area (Å²) in [4.78, 5) is 17.2. The lowest BCUT2D eigenvalue weighted by atomic mass is 10.1. The van der Waals surface area contributed by atoms with Gasteiger partial charge in [0, 0.05) is 27.2 Å². The number of nitrogens with one attached hydrogen (secondary N) is 2. The highest BCUT2D eigenvalue weighted by Crippen LogP contribution is 2.28. The Morgan fingerprint density at radius 3 is 2.46 bits per heavy atom. The topological polar surface area (TPSA) is 75.6 Å². The predicted molar refractivity (Wildman–Crippen MR) is 177 cm³/mol. The molecule has 5 aromatic rings. The normalized spacial score (nSPS) is 11.0. The molecule has 0 fully saturated rings. The molecular formula is C30H20Cl3IN4O2S. The summed E-state index contributed by atoms with van der Waals surface area (Å²) in [7, 11) is 0. The molecular weight excluding hydrogens is 714 g/mol. The first kappa shape index (κ1) is 29.3. The lowest BCUT2D eigenvalue weighted by Gasteiger charge is -2.09. The van der Waals surface area contributed by atoms with Gasteiger partial charge in [0.15, 0.2) is 5.13 Å². The number of anilines is 2. The molecule has 0 atom stereocenters. The second-order valence-corrected chi connectivity index (χ2v) is 11.9. The highest BCUT2D eigenvalue weighted by molar-refractivity contribution is 14.1. The Morgan fingerprint density at radius 1 is 0.951 bits per heavy atom. The predicted octanol–water partition coefficient (Wildman–Crippen LogP) is 9.46. The molecule has 206 valence electrons. The van der Waals surface area contributed by atoms with Crippen molar-refractivity contribution >= 4 is 91.7 Å². The van der Waals surface area contributed by atoms with Crippen LogP contribution in [0.2, 0.25) is 15.1 Å². The molecule has 1 aromatic heterocycles. The van der Waals surface area contributed by atoms with E-state index in [0.29, 0.717) is 27.2 Å². The zero-order chi connectivity index (χ0) is 28.8. The van der Waals surface area contributed by atoms with Crippen molar-refractivity contribution in [2.24, 2.45) is 5.10 Å². The average molecular weight is 734 g/mol. The van der Waals surface area contributed by atoms with Gasteiger partial charge in [-0.2, -0.15) is 5.10 Å². The van der Waals surface area contributed by atoms with Crippen LogP contribution in [-0.2, 0) is 6.61 Å². The van der Waals surface area contributed by atoms with Gasteiger partial charge in [0.1, 0.15) is 12.4 Å². The molecule has 0 aliphatic rings. The van der Waals surface area contributed by atoms with E-state index in [1.807, 2.05) is 66.0 Å². The standard InChI is InChI=1S/C30H20Cl3IN4O2S/c31-22-7-9-23(10-8-22)36-30-37-27(17-41-30)20-3-5-21(6-4-20)29(39)38-35-15-18-2-12-28(26(34)14-18)40-16-19-1-11-24(32)25(33)13-19/h1-15,17H,16H2,(H,36,37)(H,38,39)/b35-15-. The first-order valence-electron chi connectivity index (χ1n) is 12.1. The Morgan fingerprint density at radius 2 is 1.73 bits per heavy atom. The van der Waals surface area contributed by atoms with Crippen molar-refractivity contribution in [2.75, 3.05) is 5.32 Å². The largest absolute Gasteiger partial charge is 0.488 e. The van der Waals surface area contributed by atoms with Gasteiger partial charge >= 0.3 is 0 Å². The zero-order valence-corrected chi connectivity index (χ0v) is 26.3. The highest BCUT2D eigenvalue weighted by atomic mass is 127. The molecule has 0 spiro atoms. The van der Waals surface area contributed by atoms with Crippen molar-refractivity contribution in [3.05, 3.63) is 126 Å². The third-order valence-electron chi connectivity index (χ3n) is 5.76. The molecule has 6 nitrogen and oxygen atoms in total. The summed E-state index contributed by atoms with van der Waals surface area (Å²) in [5.41, 5.74) is 7.42. The van der Waals surface area contributed by atoms with E-state index in [-0.39, 0.29) is 5.91 Å². The van der Waals surface area contributed by atoms with Gasteiger partial charge in [-0.25, -0.2) is 10.4 Å². The molecule has 5 rings (SSSR count). The smallest absolute Gasteiger partial charge is 0.271 e. The van der Waals surface area contributed by atoms with E-state index in [9.17, 15) is 4.79 Å². The second-order valence-electron chi connectivity index (χ2n) is 8.67. The summed E-state index contributed by atoms with van der Waals surface area (Å²) in [6.07, 6.45) is 1.58. The van der Waals surface area contributed by atoms with Crippen LogP contribution in [0.25, 0.3) is 11.3 Å². The third-order valence-corrected chi connectivity index (χ3v) is 8.35. The lowest BCUT2D eigenvalue weighted by molar-refractivity contribution is 0.0955. The summed E-state index contributed by atoms with van der Waals surface area (Å²) in [6, 6.07) is 25.7. The van der Waals surface area contributed by atoms with Gasteiger partial charge in [-0.15, -0.1) is 11.3 Å². The van der Waals surface area contributed by atoms with Crippen LogP contribution in [-0.4, -0.2) is 17.1 Å². The van der Waals surface area contributed by atoms with Crippen molar-refractivity contribution in [3.8, 4) is 17.0 Å². The summed E-state index contributed by atoms with van der Waals surface area (Å²) >= 11 is 21.7. The van der Waals surface area contributed by atoms with Crippen LogP contribution in [0.3, 0.4) is 0 Å². The highest BCUT2D eigenvalue weighted by Gasteiger charge is 2.09. The number of carbonyl (C=O) groups excluding carboxylic acids is 1. The van der Waals surface area contributed by atoms with E-state index in [0.717, 1.165) is 42.5 Å². The molecule has 0 radical (unpaired) electrons. The number of aromatic nitrogens is 1. The molecule has 0 aliphatic carbocycles. The van der Waals surface area contributed by atoms with Crippen molar-refractivity contribution in [2.45, 2.75) is 6.61 Å². The molecule has 0 unspecified atom stereocenters. The van der Waals surface area contributed by atoms with Crippen LogP contribution < -0.4 is 15.5 Å². The van der Waals surface area contributed by atoms with Gasteiger partial charge < -0.3 is 10.1 Å². The number of hydrazone groups is 1. The van der Waals surface area contributed by atoms with E-state index in [1.54, 1.807) is 30.5 Å². The van der Waals surface area contributed by atoms with E-state index in [4.69, 9.17) is 39.5 Å². The Hall–Kier alpha value is -3.15. The first-order valence-corrected chi connectivity index (χ1v) is 15.2. The number of hydrogen-bond acceptors (Lipinski definition) is 6. The molecule has 11 heteroatoms. The number of hydrogen-bond donors (Lipinski definition) is 2. The number of carbonyl (C=O) groups is 1. The fourth-order valence-electron chi connectivity index (χ4n) is 3.65. The lowest BCUT2D eigenvalue weighted by Crippen LogP contribution is -2.17. The quantitative estimate of drug-likeness (QED) is 0.0900. The minimum Gasteiger partial charge on any atom is -0.488 e. The maximum atomic E-state index is 12.6. The van der Waals surface area contributed by atoms with E-state index >= 15 is 0 Å². The van der Waals surface area contributed by atoms with Crippen LogP contribution in [0.15, 0.2) is 95.4 Å². The summed E-state index contributed by atoms with van der Waals surface area (Å²) in [5.74, 6) is 0.415. The molecule has 2 N–H and O–H groups in total. The molecule has 0 saturated heterocycles. The molecule has 0 aliphatic heterocycles. The Bertz CT molecular complexity index is 1710. The van der Waals surface area contributed by atoms with Crippen molar-refractivity contribution in [1.82, 2.24) is 10.4 Å². The Kier molecular flexibility index (Phi) is 9.79. The molecule has 1 heterocycles. The number of nitrogens with zero attached hydrogens (tertiary/aromatic N) is 2. The van der Waals surface area contributed by atoms with Crippen LogP contribution >= 0.6 is 68.7 Å². The number of thiazole rings is 1. The van der Waals surface area contributed by atoms with Gasteiger partial charge in [-0.1, -0.05) is 53.0 Å². The van der Waals surface area contributed by atoms with Crippen molar-refractivity contribution in [1.29, 1.82) is 0 Å². The van der Waals surface area contributed by atoms with Gasteiger partial charge in [0.2, 0.25) is 0 Å². The third kappa shape index (κ3) is 7.99. The number of halogens is 4. The molecule has 4 aromatic carbocycles. The average Bonchev–Trinajstić information content (AvgIpc) is 3.44. The molecule has 41 heavy (non-hydrogen) atoms. The maximum Gasteiger partial charge on any atom is 0.271 e. The molecule has 0 saturated carbocycles. The van der Waals surface area contributed by atoms with Crippen molar-refractivity contribution < 1.29 is 9.53 Å². The van der Waals surface area contributed by atoms with Gasteiger partial charge in [-0.3, -0.25) is 4.79 Å². The molecule has 1 amide bonds. The van der Waals surface area contributed by atoms with Crippen LogP contribution in [0.5, 0.6) is 5.75 Å². The fraction of sp³-hybridized carbons (Fsp3) is 0.0333. The number of rotatable bonds is 9. The zero-order valence-electron chi connectivity index (χ0n) is 21.1. The number of benzene rings is 4. The van der Waals surface area contributed by atoms with Gasteiger partial charge in [0.05, 0.1) is 25.5 Å². The maximum absolute atomic E-state index is 12.6. The van der Waals surface area contributed by atoms with Crippen LogP contribution in [0, 0.1) is 3.57 Å². The Labute approximate surface area is 269 Å². The van der Waals surface area contributed by atoms with E-state index in [1.165, 1.54) is 11.3 Å². The van der Waals surface area contributed by atoms with Crippen LogP contribution in [0.4, 0.5) is 10.8 Å². The fourth-order valence-corrected chi connectivity index (χ4v) is 5.53. The summed E-state index contributed by atoms with van der Waals surface area (Å²) in [5, 5.41) is 11.8. The summed E-state index contributed by atoms with van der Waals surface area (Å²) < 4.78 is 6.82. The summed E-state index contributed by atoms with van der Waals surface area (Å²) in [6.45, 7) is 0.360. The first-order chi connectivity index (χ1) is 19.8. The van der Waals surface area contributed by atoms with E-state index in [2.05, 4.69) is 43.4 Å². The number of amides is 1. The van der Waals surface area contributed by atoms with Gasteiger partial charge in [0.25, 0.3) is 5.91 Å². The van der Waals surface area contributed by atoms with E-state index < -0.39 is 0 Å². The number of ether oxygens (including phenoxy) is 1.